The highest BCUT2D eigenvalue weighted by atomic mass is 16.2. The van der Waals surface area contributed by atoms with Crippen LogP contribution >= 0.6 is 0 Å². The lowest BCUT2D eigenvalue weighted by atomic mass is 9.98. The third-order valence-electron chi connectivity index (χ3n) is 3.85. The Hall–Kier alpha value is -1.85. The molecule has 1 aliphatic heterocycles. The Labute approximate surface area is 125 Å². The van der Waals surface area contributed by atoms with Crippen LogP contribution in [0.2, 0.25) is 0 Å². The topological polar surface area (TPSA) is 76.0 Å². The molecule has 1 fully saturated rings. The zero-order valence-corrected chi connectivity index (χ0v) is 13.0. The van der Waals surface area contributed by atoms with E-state index in [-0.39, 0.29) is 17.7 Å². The third-order valence-corrected chi connectivity index (χ3v) is 3.85. The highest BCUT2D eigenvalue weighted by Gasteiger charge is 2.24. The van der Waals surface area contributed by atoms with Gasteiger partial charge in [0.1, 0.15) is 0 Å². The number of hydrogen-bond acceptors (Lipinski definition) is 3. The molecule has 2 rings (SSSR count). The second-order valence-corrected chi connectivity index (χ2v) is 6.00. The van der Waals surface area contributed by atoms with Crippen LogP contribution < -0.4 is 10.6 Å². The van der Waals surface area contributed by atoms with Gasteiger partial charge in [0, 0.05) is 31.7 Å². The minimum absolute atomic E-state index is 0.0372. The molecule has 6 heteroatoms. The first-order chi connectivity index (χ1) is 9.95. The standard InChI is InChI=1S/C15H24N4O2/c1-10(9-19-12(3)6-11(2)18-19)7-17-15(21)13-4-5-14(20)16-8-13/h6,10,13H,4-5,7-9H2,1-3H3,(H,16,20)(H,17,21)/t10-,13+/m0/s1. The van der Waals surface area contributed by atoms with Crippen molar-refractivity contribution in [1.82, 2.24) is 20.4 Å². The summed E-state index contributed by atoms with van der Waals surface area (Å²) in [5, 5.41) is 10.2. The fourth-order valence-electron chi connectivity index (χ4n) is 2.60. The van der Waals surface area contributed by atoms with Crippen LogP contribution in [-0.2, 0) is 16.1 Å². The van der Waals surface area contributed by atoms with Crippen LogP contribution in [0.5, 0.6) is 0 Å². The maximum absolute atomic E-state index is 12.0. The molecule has 0 aromatic carbocycles. The van der Waals surface area contributed by atoms with Gasteiger partial charge in [-0.1, -0.05) is 6.92 Å². The molecule has 1 saturated heterocycles. The number of carbonyl (C=O) groups excluding carboxylic acids is 2. The summed E-state index contributed by atoms with van der Waals surface area (Å²) in [7, 11) is 0. The molecule has 0 saturated carbocycles. The fourth-order valence-corrected chi connectivity index (χ4v) is 2.60. The maximum Gasteiger partial charge on any atom is 0.224 e. The number of carbonyl (C=O) groups is 2. The minimum atomic E-state index is -0.0939. The number of aryl methyl sites for hydroxylation is 2. The molecule has 0 bridgehead atoms. The van der Waals surface area contributed by atoms with Crippen molar-refractivity contribution in [3.63, 3.8) is 0 Å². The van der Waals surface area contributed by atoms with Gasteiger partial charge < -0.3 is 10.6 Å². The minimum Gasteiger partial charge on any atom is -0.355 e. The summed E-state index contributed by atoms with van der Waals surface area (Å²) in [5.74, 6) is 0.292. The summed E-state index contributed by atoms with van der Waals surface area (Å²) in [6, 6.07) is 2.05. The molecule has 1 aliphatic rings. The summed E-state index contributed by atoms with van der Waals surface area (Å²) in [6.45, 7) is 7.99. The van der Waals surface area contributed by atoms with E-state index in [0.717, 1.165) is 17.9 Å². The Morgan fingerprint density at radius 3 is 2.90 bits per heavy atom. The van der Waals surface area contributed by atoms with Crippen molar-refractivity contribution < 1.29 is 9.59 Å². The smallest absolute Gasteiger partial charge is 0.224 e. The van der Waals surface area contributed by atoms with E-state index in [0.29, 0.717) is 31.8 Å². The molecular formula is C15H24N4O2. The van der Waals surface area contributed by atoms with Crippen LogP contribution in [0.15, 0.2) is 6.07 Å². The second-order valence-electron chi connectivity index (χ2n) is 6.00. The van der Waals surface area contributed by atoms with E-state index in [1.807, 2.05) is 18.5 Å². The van der Waals surface area contributed by atoms with Gasteiger partial charge in [-0.05, 0) is 32.3 Å². The van der Waals surface area contributed by atoms with E-state index >= 15 is 0 Å². The fraction of sp³-hybridized carbons (Fsp3) is 0.667. The van der Waals surface area contributed by atoms with Crippen LogP contribution in [0.25, 0.3) is 0 Å². The molecule has 2 atom stereocenters. The van der Waals surface area contributed by atoms with Crippen molar-refractivity contribution in [2.24, 2.45) is 11.8 Å². The molecule has 2 amide bonds. The lowest BCUT2D eigenvalue weighted by Crippen LogP contribution is -2.44. The molecular weight excluding hydrogens is 268 g/mol. The Morgan fingerprint density at radius 2 is 2.33 bits per heavy atom. The van der Waals surface area contributed by atoms with Gasteiger partial charge in [0.2, 0.25) is 11.8 Å². The number of amides is 2. The molecule has 0 radical (unpaired) electrons. The maximum atomic E-state index is 12.0. The molecule has 0 unspecified atom stereocenters. The predicted octanol–water partition coefficient (Wildman–Crippen LogP) is 0.778. The largest absolute Gasteiger partial charge is 0.355 e. The molecule has 116 valence electrons. The first-order valence-electron chi connectivity index (χ1n) is 7.51. The summed E-state index contributed by atoms with van der Waals surface area (Å²) in [5.41, 5.74) is 2.15. The molecule has 1 aromatic heterocycles. The summed E-state index contributed by atoms with van der Waals surface area (Å²) in [4.78, 5) is 23.1. The van der Waals surface area contributed by atoms with Gasteiger partial charge in [-0.2, -0.15) is 5.10 Å². The monoisotopic (exact) mass is 292 g/mol. The van der Waals surface area contributed by atoms with Gasteiger partial charge in [-0.15, -0.1) is 0 Å². The van der Waals surface area contributed by atoms with Crippen molar-refractivity contribution in [2.75, 3.05) is 13.1 Å². The van der Waals surface area contributed by atoms with E-state index in [4.69, 9.17) is 0 Å². The number of nitrogens with zero attached hydrogens (tertiary/aromatic N) is 2. The molecule has 6 nitrogen and oxygen atoms in total. The Morgan fingerprint density at radius 1 is 1.57 bits per heavy atom. The second kappa shape index (κ2) is 6.74. The number of rotatable bonds is 5. The molecule has 2 N–H and O–H groups in total. The highest BCUT2D eigenvalue weighted by Crippen LogP contribution is 2.11. The molecule has 1 aromatic rings. The third kappa shape index (κ3) is 4.31. The van der Waals surface area contributed by atoms with Crippen molar-refractivity contribution in [3.8, 4) is 0 Å². The summed E-state index contributed by atoms with van der Waals surface area (Å²) >= 11 is 0. The van der Waals surface area contributed by atoms with E-state index < -0.39 is 0 Å². The first-order valence-corrected chi connectivity index (χ1v) is 7.51. The van der Waals surface area contributed by atoms with Gasteiger partial charge in [-0.25, -0.2) is 0 Å². The van der Waals surface area contributed by atoms with E-state index in [2.05, 4.69) is 28.7 Å². The zero-order chi connectivity index (χ0) is 15.4. The van der Waals surface area contributed by atoms with Crippen molar-refractivity contribution in [2.45, 2.75) is 40.2 Å². The van der Waals surface area contributed by atoms with Gasteiger partial charge >= 0.3 is 0 Å². The van der Waals surface area contributed by atoms with Crippen LogP contribution in [0.1, 0.15) is 31.2 Å². The lowest BCUT2D eigenvalue weighted by Gasteiger charge is -2.22. The summed E-state index contributed by atoms with van der Waals surface area (Å²) < 4.78 is 1.98. The van der Waals surface area contributed by atoms with Crippen molar-refractivity contribution in [1.29, 1.82) is 0 Å². The number of nitrogens with one attached hydrogen (secondary N) is 2. The van der Waals surface area contributed by atoms with Gasteiger partial charge in [0.25, 0.3) is 0 Å². The van der Waals surface area contributed by atoms with Gasteiger partial charge in [0.05, 0.1) is 11.6 Å². The SMILES string of the molecule is Cc1cc(C)n(C[C@@H](C)CNC(=O)[C@@H]2CCC(=O)NC2)n1. The molecule has 0 spiro atoms. The Kier molecular flexibility index (Phi) is 4.98. The summed E-state index contributed by atoms with van der Waals surface area (Å²) in [6.07, 6.45) is 1.09. The average molecular weight is 292 g/mol. The quantitative estimate of drug-likeness (QED) is 0.842. The van der Waals surface area contributed by atoms with E-state index in [1.165, 1.54) is 0 Å². The van der Waals surface area contributed by atoms with E-state index in [1.54, 1.807) is 0 Å². The van der Waals surface area contributed by atoms with Crippen LogP contribution in [0.4, 0.5) is 0 Å². The molecule has 21 heavy (non-hydrogen) atoms. The predicted molar refractivity (Wildman–Crippen MR) is 79.6 cm³/mol. The zero-order valence-electron chi connectivity index (χ0n) is 13.0. The first kappa shape index (κ1) is 15.5. The highest BCUT2D eigenvalue weighted by molar-refractivity contribution is 5.83. The van der Waals surface area contributed by atoms with Crippen molar-refractivity contribution >= 4 is 11.8 Å². The molecule has 2 heterocycles. The molecule has 0 aliphatic carbocycles. The lowest BCUT2D eigenvalue weighted by molar-refractivity contribution is -0.129. The van der Waals surface area contributed by atoms with Gasteiger partial charge in [0.15, 0.2) is 0 Å². The van der Waals surface area contributed by atoms with Crippen LogP contribution in [0, 0.1) is 25.7 Å². The average Bonchev–Trinajstić information content (AvgIpc) is 2.75. The van der Waals surface area contributed by atoms with Crippen molar-refractivity contribution in [3.05, 3.63) is 17.5 Å². The Bertz CT molecular complexity index is 514. The van der Waals surface area contributed by atoms with Crippen LogP contribution in [0.3, 0.4) is 0 Å². The number of aromatic nitrogens is 2. The number of piperidine rings is 1. The number of hydrogen-bond donors (Lipinski definition) is 2. The Balaban J connectivity index is 1.75. The van der Waals surface area contributed by atoms with E-state index in [9.17, 15) is 9.59 Å². The van der Waals surface area contributed by atoms with Gasteiger partial charge in [-0.3, -0.25) is 14.3 Å². The normalized spacial score (nSPS) is 20.0. The van der Waals surface area contributed by atoms with Crippen LogP contribution in [-0.4, -0.2) is 34.7 Å².